The first-order chi connectivity index (χ1) is 30.6. The van der Waals surface area contributed by atoms with Crippen molar-refractivity contribution in [3.05, 3.63) is 107 Å². The number of aliphatic hydroxyl groups excluding tert-OH is 2. The predicted molar refractivity (Wildman–Crippen MR) is 211 cm³/mol. The molecule has 4 aliphatic rings. The summed E-state index contributed by atoms with van der Waals surface area (Å²) in [6.07, 6.45) is -9.45. The smallest absolute Gasteiger partial charge is 0.490 e. The second-order valence-electron chi connectivity index (χ2n) is 15.7. The van der Waals surface area contributed by atoms with E-state index in [1.807, 2.05) is 11.9 Å². The molecule has 1 saturated heterocycles. The van der Waals surface area contributed by atoms with Gasteiger partial charge in [0.2, 0.25) is 0 Å². The van der Waals surface area contributed by atoms with Crippen molar-refractivity contribution in [1.29, 1.82) is 0 Å². The van der Waals surface area contributed by atoms with E-state index >= 15 is 0 Å². The van der Waals surface area contributed by atoms with Crippen molar-refractivity contribution in [3.8, 4) is 11.5 Å². The number of nitrogens with one attached hydrogen (secondary N) is 2. The maximum absolute atomic E-state index is 14.0. The van der Waals surface area contributed by atoms with Gasteiger partial charge in [0.05, 0.1) is 24.3 Å². The zero-order valence-corrected chi connectivity index (χ0v) is 34.1. The Bertz CT molecular complexity index is 2400. The molecule has 19 nitrogen and oxygen atoms in total. The van der Waals surface area contributed by atoms with Gasteiger partial charge >= 0.3 is 36.0 Å². The van der Waals surface area contributed by atoms with E-state index in [0.717, 1.165) is 5.56 Å². The monoisotopic (exact) mass is 913 g/mol. The molecule has 2 heterocycles. The number of carboxylic acid groups (broad SMARTS) is 3. The number of nitrogens with zero attached hydrogens (tertiary/aromatic N) is 1. The number of halogens is 3. The minimum absolute atomic E-state index is 0.0613. The molecular weight excluding hydrogens is 871 g/mol. The van der Waals surface area contributed by atoms with E-state index in [2.05, 4.69) is 10.6 Å². The van der Waals surface area contributed by atoms with Gasteiger partial charge < -0.3 is 55.5 Å². The SMILES string of the molecule is CN1CC[C@]23c4c5ccc(O)c4O[C@H]2C(OC(=O)C[C@H](NC(=O)[C@@H](O)c2ccccc2)C(=O)O)=CC[C@@]3(OC(=O)C[C@H](NC(=O)[C@@H](O)c2ccccc2)C(=O)O)[C@H]1C5.O=C(O)C(F)(F)F. The van der Waals surface area contributed by atoms with Crippen LogP contribution < -0.4 is 15.4 Å². The second-order valence-corrected chi connectivity index (χ2v) is 15.7. The summed E-state index contributed by atoms with van der Waals surface area (Å²) in [5, 5.41) is 63.5. The molecule has 8 N–H and O–H groups in total. The summed E-state index contributed by atoms with van der Waals surface area (Å²) in [4.78, 5) is 88.6. The molecule has 0 saturated carbocycles. The Morgan fingerprint density at radius 3 is 1.82 bits per heavy atom. The molecule has 1 fully saturated rings. The molecule has 0 unspecified atom stereocenters. The van der Waals surface area contributed by atoms with Gasteiger partial charge in [-0.25, -0.2) is 14.4 Å². The van der Waals surface area contributed by atoms with Crippen molar-refractivity contribution in [2.75, 3.05) is 13.6 Å². The van der Waals surface area contributed by atoms with E-state index < -0.39 is 108 Å². The number of carbonyl (C=O) groups is 7. The summed E-state index contributed by atoms with van der Waals surface area (Å²) in [7, 11) is 1.84. The third kappa shape index (κ3) is 9.31. The van der Waals surface area contributed by atoms with Gasteiger partial charge in [-0.15, -0.1) is 0 Å². The number of likely N-dealkylation sites (tertiary alicyclic amines) is 1. The molecule has 0 aromatic heterocycles. The van der Waals surface area contributed by atoms with Gasteiger partial charge in [-0.05, 0) is 55.3 Å². The number of carboxylic acids is 3. The van der Waals surface area contributed by atoms with E-state index in [1.165, 1.54) is 36.4 Å². The number of esters is 2. The van der Waals surface area contributed by atoms with Crippen LogP contribution in [0.25, 0.3) is 0 Å². The Labute approximate surface area is 366 Å². The first kappa shape index (κ1) is 47.4. The average Bonchev–Trinajstić information content (AvgIpc) is 3.62. The molecular formula is C43H42F3N3O16. The third-order valence-electron chi connectivity index (χ3n) is 11.8. The van der Waals surface area contributed by atoms with E-state index in [4.69, 9.17) is 24.1 Å². The van der Waals surface area contributed by atoms with Gasteiger partial charge in [0, 0.05) is 12.0 Å². The topological polar surface area (TPSA) is 296 Å². The number of aliphatic carboxylic acids is 3. The summed E-state index contributed by atoms with van der Waals surface area (Å²) in [6.45, 7) is 0.432. The molecule has 8 atom stereocenters. The van der Waals surface area contributed by atoms with E-state index in [0.29, 0.717) is 18.5 Å². The van der Waals surface area contributed by atoms with Crippen molar-refractivity contribution in [2.45, 2.75) is 85.7 Å². The number of ether oxygens (including phenoxy) is 3. The highest BCUT2D eigenvalue weighted by molar-refractivity contribution is 5.91. The lowest BCUT2D eigenvalue weighted by molar-refractivity contribution is -0.207. The molecule has 2 aliphatic heterocycles. The van der Waals surface area contributed by atoms with Crippen LogP contribution in [0.3, 0.4) is 0 Å². The van der Waals surface area contributed by atoms with Gasteiger partial charge in [-0.3, -0.25) is 24.1 Å². The van der Waals surface area contributed by atoms with Gasteiger partial charge in [0.15, 0.2) is 29.8 Å². The van der Waals surface area contributed by atoms with Crippen LogP contribution in [0.5, 0.6) is 11.5 Å². The van der Waals surface area contributed by atoms with Gasteiger partial charge in [0.1, 0.15) is 23.4 Å². The largest absolute Gasteiger partial charge is 0.504 e. The Morgan fingerprint density at radius 2 is 1.32 bits per heavy atom. The number of likely N-dealkylation sites (N-methyl/N-ethyl adjacent to an activating group) is 1. The lowest BCUT2D eigenvalue weighted by Crippen LogP contribution is -2.75. The molecule has 65 heavy (non-hydrogen) atoms. The minimum atomic E-state index is -5.08. The maximum Gasteiger partial charge on any atom is 0.490 e. The average molecular weight is 914 g/mol. The van der Waals surface area contributed by atoms with Crippen LogP contribution >= 0.6 is 0 Å². The minimum Gasteiger partial charge on any atom is -0.504 e. The Hall–Kier alpha value is -7.04. The Morgan fingerprint density at radius 1 is 0.815 bits per heavy atom. The molecule has 22 heteroatoms. The number of benzene rings is 3. The molecule has 0 radical (unpaired) electrons. The number of aromatic hydroxyl groups is 1. The van der Waals surface area contributed by atoms with E-state index in [1.54, 1.807) is 42.5 Å². The highest BCUT2D eigenvalue weighted by Gasteiger charge is 2.74. The quantitative estimate of drug-likeness (QED) is 0.107. The van der Waals surface area contributed by atoms with E-state index in [-0.39, 0.29) is 41.2 Å². The standard InChI is InChI=1S/C41H41N3O14.C2HF3O2/c1-44-17-16-40-31-23-12-13-26(45)34(31)57-35(40)27(56-29(46)19-24(38(52)53)42-36(50)32(48)21-8-4-2-5-9-21)14-15-41(40,28(44)18-23)58-30(47)20-25(39(54)55)43-37(51)33(49)22-10-6-3-7-11-22;3-2(4,5)1(6)7/h2-14,24-25,28,32-33,35,45,48-49H,15-20H2,1H3,(H,42,50)(H,43,51)(H,52,53)(H,54,55);(H,6,7)/t24-,25-,28+,32-,33-,35-,40-,41+;/m0./s1. The fourth-order valence-electron chi connectivity index (χ4n) is 8.83. The summed E-state index contributed by atoms with van der Waals surface area (Å²) in [5.74, 6) is -10.3. The van der Waals surface area contributed by atoms with Crippen molar-refractivity contribution in [1.82, 2.24) is 15.5 Å². The van der Waals surface area contributed by atoms with Crippen LogP contribution in [-0.2, 0) is 54.9 Å². The van der Waals surface area contributed by atoms with E-state index in [9.17, 15) is 67.5 Å². The maximum atomic E-state index is 14.0. The number of carbonyl (C=O) groups excluding carboxylic acids is 4. The van der Waals surface area contributed by atoms with Crippen LogP contribution in [-0.4, -0.2) is 127 Å². The number of hydrogen-bond donors (Lipinski definition) is 8. The molecule has 346 valence electrons. The summed E-state index contributed by atoms with van der Waals surface area (Å²) in [6, 6.07) is 14.7. The normalized spacial score (nSPS) is 23.2. The number of piperidine rings is 1. The number of amides is 2. The van der Waals surface area contributed by atoms with Crippen molar-refractivity contribution < 1.29 is 91.6 Å². The third-order valence-corrected chi connectivity index (χ3v) is 11.8. The second kappa shape index (κ2) is 18.6. The number of phenols is 1. The van der Waals surface area contributed by atoms with Crippen LogP contribution in [0.15, 0.2) is 84.6 Å². The highest BCUT2D eigenvalue weighted by atomic mass is 19.4. The highest BCUT2D eigenvalue weighted by Crippen LogP contribution is 2.66. The fraction of sp³-hybridized carbons (Fsp3) is 0.372. The molecule has 2 amide bonds. The predicted octanol–water partition coefficient (Wildman–Crippen LogP) is 1.78. The molecule has 2 aliphatic carbocycles. The zero-order chi connectivity index (χ0) is 47.6. The van der Waals surface area contributed by atoms with Crippen LogP contribution in [0, 0.1) is 0 Å². The lowest BCUT2D eigenvalue weighted by Gasteiger charge is -2.62. The van der Waals surface area contributed by atoms with Crippen molar-refractivity contribution >= 4 is 41.7 Å². The molecule has 7 rings (SSSR count). The van der Waals surface area contributed by atoms with Crippen LogP contribution in [0.1, 0.15) is 60.1 Å². The molecule has 1 spiro atoms. The first-order valence-corrected chi connectivity index (χ1v) is 19.8. The number of hydrogen-bond acceptors (Lipinski definition) is 14. The fourth-order valence-corrected chi connectivity index (χ4v) is 8.83. The van der Waals surface area contributed by atoms with Crippen LogP contribution in [0.4, 0.5) is 13.2 Å². The summed E-state index contributed by atoms with van der Waals surface area (Å²) in [5.41, 5.74) is -1.10. The number of aliphatic hydroxyl groups is 2. The Kier molecular flexibility index (Phi) is 13.6. The van der Waals surface area contributed by atoms with Crippen LogP contribution in [0.2, 0.25) is 0 Å². The lowest BCUT2D eigenvalue weighted by atomic mass is 9.50. The summed E-state index contributed by atoms with van der Waals surface area (Å²) >= 11 is 0. The number of rotatable bonds is 14. The summed E-state index contributed by atoms with van der Waals surface area (Å²) < 4.78 is 50.3. The number of alkyl halides is 3. The van der Waals surface area contributed by atoms with Crippen molar-refractivity contribution in [2.24, 2.45) is 0 Å². The molecule has 3 aromatic rings. The van der Waals surface area contributed by atoms with Gasteiger partial charge in [-0.2, -0.15) is 13.2 Å². The van der Waals surface area contributed by atoms with Gasteiger partial charge in [-0.1, -0.05) is 66.7 Å². The van der Waals surface area contributed by atoms with Gasteiger partial charge in [0.25, 0.3) is 11.8 Å². The van der Waals surface area contributed by atoms with Crippen molar-refractivity contribution in [3.63, 3.8) is 0 Å². The first-order valence-electron chi connectivity index (χ1n) is 19.8. The Balaban J connectivity index is 0.000000925. The molecule has 3 aromatic carbocycles. The number of phenolic OH excluding ortho intramolecular Hbond substituents is 1. The zero-order valence-electron chi connectivity index (χ0n) is 34.1. The molecule has 2 bridgehead atoms.